The minimum absolute atomic E-state index is 0.122. The second-order valence-corrected chi connectivity index (χ2v) is 10.1. The number of hydrogen-bond donors (Lipinski definition) is 0. The molecule has 0 spiro atoms. The van der Waals surface area contributed by atoms with Crippen molar-refractivity contribution in [1.82, 2.24) is 14.5 Å². The zero-order chi connectivity index (χ0) is 24.2. The first-order valence-electron chi connectivity index (χ1n) is 12.0. The number of benzene rings is 2. The number of carbonyl (C=O) groups excluding carboxylic acids is 1. The lowest BCUT2D eigenvalue weighted by Gasteiger charge is -2.15. The van der Waals surface area contributed by atoms with E-state index in [4.69, 9.17) is 21.3 Å². The van der Waals surface area contributed by atoms with Crippen molar-refractivity contribution in [2.45, 2.75) is 39.3 Å². The molecule has 0 aliphatic carbocycles. The van der Waals surface area contributed by atoms with Gasteiger partial charge in [-0.1, -0.05) is 54.1 Å². The fourth-order valence-corrected chi connectivity index (χ4v) is 5.42. The Kier molecular flexibility index (Phi) is 7.21. The van der Waals surface area contributed by atoms with Gasteiger partial charge in [-0.2, -0.15) is 0 Å². The maximum Gasteiger partial charge on any atom is 0.255 e. The molecule has 1 amide bonds. The van der Waals surface area contributed by atoms with E-state index in [1.54, 1.807) is 11.3 Å². The summed E-state index contributed by atoms with van der Waals surface area (Å²) in [7, 11) is 0. The van der Waals surface area contributed by atoms with E-state index < -0.39 is 0 Å². The number of halogens is 1. The van der Waals surface area contributed by atoms with Gasteiger partial charge >= 0.3 is 0 Å². The summed E-state index contributed by atoms with van der Waals surface area (Å²) in [5.41, 5.74) is 4.88. The van der Waals surface area contributed by atoms with Crippen LogP contribution in [0, 0.1) is 6.92 Å². The number of nitrogens with zero attached hydrogens (tertiary/aromatic N) is 3. The summed E-state index contributed by atoms with van der Waals surface area (Å²) < 4.78 is 8.13. The van der Waals surface area contributed by atoms with Crippen molar-refractivity contribution in [3.05, 3.63) is 92.9 Å². The number of aryl methyl sites for hydroxylation is 1. The van der Waals surface area contributed by atoms with Crippen LogP contribution in [-0.4, -0.2) is 33.4 Å². The predicted molar refractivity (Wildman–Crippen MR) is 141 cm³/mol. The third kappa shape index (κ3) is 5.29. The molecular formula is C28H28ClN3O2S. The molecule has 0 atom stereocenters. The molecule has 2 aromatic heterocycles. The van der Waals surface area contributed by atoms with Crippen molar-refractivity contribution in [3.8, 4) is 17.1 Å². The van der Waals surface area contributed by atoms with Crippen LogP contribution in [0.15, 0.2) is 66.0 Å². The molecule has 0 N–H and O–H groups in total. The first-order valence-corrected chi connectivity index (χ1v) is 13.2. The maximum absolute atomic E-state index is 13.3. The summed E-state index contributed by atoms with van der Waals surface area (Å²) in [6, 6.07) is 19.9. The Bertz CT molecular complexity index is 1310. The van der Waals surface area contributed by atoms with E-state index in [2.05, 4.69) is 28.8 Å². The Balaban J connectivity index is 1.42. The van der Waals surface area contributed by atoms with E-state index >= 15 is 0 Å². The molecule has 5 nitrogen and oxygen atoms in total. The maximum atomic E-state index is 13.3. The summed E-state index contributed by atoms with van der Waals surface area (Å²) in [4.78, 5) is 20.1. The molecule has 0 unspecified atom stereocenters. The van der Waals surface area contributed by atoms with E-state index in [1.807, 2.05) is 53.6 Å². The Hall–Kier alpha value is -3.09. The quantitative estimate of drug-likeness (QED) is 0.270. The van der Waals surface area contributed by atoms with Crippen molar-refractivity contribution < 1.29 is 9.53 Å². The largest absolute Gasteiger partial charge is 0.485 e. The zero-order valence-corrected chi connectivity index (χ0v) is 21.3. The van der Waals surface area contributed by atoms with Crippen molar-refractivity contribution in [2.24, 2.45) is 0 Å². The third-order valence-corrected chi connectivity index (χ3v) is 7.59. The molecule has 1 aliphatic rings. The van der Waals surface area contributed by atoms with E-state index in [-0.39, 0.29) is 5.91 Å². The number of likely N-dealkylation sites (tertiary alicyclic amines) is 1. The number of carbonyl (C=O) groups is 1. The van der Waals surface area contributed by atoms with E-state index in [0.717, 1.165) is 66.5 Å². The van der Waals surface area contributed by atoms with Crippen LogP contribution in [0.2, 0.25) is 5.02 Å². The van der Waals surface area contributed by atoms with Crippen LogP contribution in [0.4, 0.5) is 0 Å². The average Bonchev–Trinajstić information content (AvgIpc) is 3.63. The number of aromatic nitrogens is 2. The smallest absolute Gasteiger partial charge is 0.255 e. The van der Waals surface area contributed by atoms with Gasteiger partial charge in [0.15, 0.2) is 0 Å². The number of thiazole rings is 1. The third-order valence-electron chi connectivity index (χ3n) is 6.46. The van der Waals surface area contributed by atoms with Crippen LogP contribution >= 0.6 is 22.9 Å². The highest BCUT2D eigenvalue weighted by Crippen LogP contribution is 2.30. The molecule has 5 rings (SSSR count). The van der Waals surface area contributed by atoms with Gasteiger partial charge in [-0.05, 0) is 49.9 Å². The number of rotatable bonds is 8. The molecule has 35 heavy (non-hydrogen) atoms. The van der Waals surface area contributed by atoms with Crippen LogP contribution in [0.25, 0.3) is 11.4 Å². The Labute approximate surface area is 214 Å². The van der Waals surface area contributed by atoms with E-state index in [1.165, 1.54) is 5.56 Å². The highest BCUT2D eigenvalue weighted by Gasteiger charge is 2.25. The van der Waals surface area contributed by atoms with Gasteiger partial charge in [0.1, 0.15) is 17.4 Å². The minimum atomic E-state index is 0.122. The van der Waals surface area contributed by atoms with E-state index in [9.17, 15) is 4.79 Å². The topological polar surface area (TPSA) is 47.4 Å². The first-order chi connectivity index (χ1) is 17.1. The van der Waals surface area contributed by atoms with Crippen LogP contribution in [-0.2, 0) is 19.6 Å². The normalized spacial score (nSPS) is 13.4. The van der Waals surface area contributed by atoms with Crippen molar-refractivity contribution in [1.29, 1.82) is 0 Å². The standard InChI is InChI=1S/C28H28ClN3O2S/c1-20-22(28(33)31-14-7-8-15-31)17-25(32(20)16-13-21-9-3-2-4-10-21)24-19-35-27(30-24)18-34-26-12-6-5-11-23(26)29/h2-6,9-12,17,19H,7-8,13-16,18H2,1H3. The Morgan fingerprint density at radius 3 is 2.60 bits per heavy atom. The highest BCUT2D eigenvalue weighted by atomic mass is 35.5. The predicted octanol–water partition coefficient (Wildman–Crippen LogP) is 6.63. The van der Waals surface area contributed by atoms with Crippen molar-refractivity contribution in [2.75, 3.05) is 13.1 Å². The molecule has 0 bridgehead atoms. The van der Waals surface area contributed by atoms with Crippen LogP contribution < -0.4 is 4.74 Å². The number of para-hydroxylation sites is 1. The average molecular weight is 506 g/mol. The molecule has 1 fully saturated rings. The molecule has 1 aliphatic heterocycles. The molecule has 0 radical (unpaired) electrons. The molecule has 4 aromatic rings. The molecule has 3 heterocycles. The summed E-state index contributed by atoms with van der Waals surface area (Å²) in [5, 5.41) is 3.49. The number of hydrogen-bond acceptors (Lipinski definition) is 4. The summed E-state index contributed by atoms with van der Waals surface area (Å²) >= 11 is 7.77. The summed E-state index contributed by atoms with van der Waals surface area (Å²) in [6.45, 7) is 4.84. The molecule has 1 saturated heterocycles. The van der Waals surface area contributed by atoms with Crippen molar-refractivity contribution in [3.63, 3.8) is 0 Å². The minimum Gasteiger partial charge on any atom is -0.485 e. The molecule has 180 valence electrons. The Morgan fingerprint density at radius 2 is 1.83 bits per heavy atom. The monoisotopic (exact) mass is 505 g/mol. The molecular weight excluding hydrogens is 478 g/mol. The van der Waals surface area contributed by atoms with Gasteiger partial charge in [0, 0.05) is 30.7 Å². The van der Waals surface area contributed by atoms with Gasteiger partial charge in [-0.25, -0.2) is 4.98 Å². The van der Waals surface area contributed by atoms with Gasteiger partial charge in [0.25, 0.3) is 5.91 Å². The first kappa shape index (κ1) is 23.6. The summed E-state index contributed by atoms with van der Waals surface area (Å²) in [5.74, 6) is 0.767. The lowest BCUT2D eigenvalue weighted by Crippen LogP contribution is -2.28. The second-order valence-electron chi connectivity index (χ2n) is 8.76. The SMILES string of the molecule is Cc1c(C(=O)N2CCCC2)cc(-c2csc(COc3ccccc3Cl)n2)n1CCc1ccccc1. The molecule has 0 saturated carbocycles. The van der Waals surface area contributed by atoms with E-state index in [0.29, 0.717) is 17.4 Å². The lowest BCUT2D eigenvalue weighted by atomic mass is 10.1. The second kappa shape index (κ2) is 10.7. The number of ether oxygens (including phenoxy) is 1. The molecule has 7 heteroatoms. The van der Waals surface area contributed by atoms with Crippen LogP contribution in [0.5, 0.6) is 5.75 Å². The Morgan fingerprint density at radius 1 is 1.09 bits per heavy atom. The zero-order valence-electron chi connectivity index (χ0n) is 19.7. The number of amides is 1. The van der Waals surface area contributed by atoms with Gasteiger partial charge in [0.05, 0.1) is 22.0 Å². The van der Waals surface area contributed by atoms with Crippen LogP contribution in [0.3, 0.4) is 0 Å². The van der Waals surface area contributed by atoms with Gasteiger partial charge in [-0.3, -0.25) is 4.79 Å². The molecule has 2 aromatic carbocycles. The fraction of sp³-hybridized carbons (Fsp3) is 0.286. The van der Waals surface area contributed by atoms with Gasteiger partial charge in [-0.15, -0.1) is 11.3 Å². The fourth-order valence-electron chi connectivity index (χ4n) is 4.53. The lowest BCUT2D eigenvalue weighted by molar-refractivity contribution is 0.0792. The van der Waals surface area contributed by atoms with Gasteiger partial charge in [0.2, 0.25) is 0 Å². The van der Waals surface area contributed by atoms with Crippen LogP contribution in [0.1, 0.15) is 39.5 Å². The van der Waals surface area contributed by atoms with Crippen molar-refractivity contribution >= 4 is 28.8 Å². The van der Waals surface area contributed by atoms with Gasteiger partial charge < -0.3 is 14.2 Å². The summed E-state index contributed by atoms with van der Waals surface area (Å²) in [6.07, 6.45) is 3.04. The highest BCUT2D eigenvalue weighted by molar-refractivity contribution is 7.09.